The van der Waals surface area contributed by atoms with E-state index in [4.69, 9.17) is 4.74 Å². The molecule has 0 fully saturated rings. The molecule has 0 spiro atoms. The molecule has 0 bridgehead atoms. The van der Waals surface area contributed by atoms with Crippen LogP contribution < -0.4 is 0 Å². The molecule has 0 aromatic carbocycles. The quantitative estimate of drug-likeness (QED) is 0.191. The van der Waals surface area contributed by atoms with Gasteiger partial charge in [-0.2, -0.15) is 0 Å². The Labute approximate surface area is 152 Å². The molecule has 0 rings (SSSR count). The molecule has 0 aromatic rings. The normalized spacial score (nSPS) is 11.2. The minimum Gasteiger partial charge on any atom is -0.466 e. The van der Waals surface area contributed by atoms with Gasteiger partial charge in [0.1, 0.15) is 0 Å². The Morgan fingerprint density at radius 1 is 0.708 bits per heavy atom. The van der Waals surface area contributed by atoms with Crippen LogP contribution in [-0.4, -0.2) is 12.6 Å². The number of esters is 1. The van der Waals surface area contributed by atoms with Gasteiger partial charge >= 0.3 is 5.97 Å². The highest BCUT2D eigenvalue weighted by Crippen LogP contribution is 2.13. The van der Waals surface area contributed by atoms with Crippen molar-refractivity contribution in [1.82, 2.24) is 0 Å². The molecule has 0 aliphatic heterocycles. The number of unbranched alkanes of at least 4 members (excludes halogenated alkanes) is 12. The fraction of sp³-hybridized carbons (Fsp3) is 0.955. The van der Waals surface area contributed by atoms with Gasteiger partial charge in [0.15, 0.2) is 0 Å². The van der Waals surface area contributed by atoms with Crippen LogP contribution in [0.5, 0.6) is 0 Å². The number of hydrogen-bond acceptors (Lipinski definition) is 2. The summed E-state index contributed by atoms with van der Waals surface area (Å²) in [5.41, 5.74) is 0. The van der Waals surface area contributed by atoms with E-state index < -0.39 is 0 Å². The predicted molar refractivity (Wildman–Crippen MR) is 105 cm³/mol. The van der Waals surface area contributed by atoms with Crippen molar-refractivity contribution in [2.24, 2.45) is 5.92 Å². The van der Waals surface area contributed by atoms with Crippen molar-refractivity contribution in [2.45, 2.75) is 124 Å². The van der Waals surface area contributed by atoms with Crippen LogP contribution in [0.25, 0.3) is 0 Å². The van der Waals surface area contributed by atoms with Crippen LogP contribution >= 0.6 is 0 Å². The highest BCUT2D eigenvalue weighted by molar-refractivity contribution is 5.69. The van der Waals surface area contributed by atoms with Crippen molar-refractivity contribution in [3.8, 4) is 0 Å². The topological polar surface area (TPSA) is 26.3 Å². The average molecular weight is 341 g/mol. The first-order valence-electron chi connectivity index (χ1n) is 10.8. The van der Waals surface area contributed by atoms with E-state index in [1.54, 1.807) is 0 Å². The van der Waals surface area contributed by atoms with Gasteiger partial charge in [-0.05, 0) is 25.2 Å². The summed E-state index contributed by atoms with van der Waals surface area (Å²) in [6, 6.07) is 0. The Morgan fingerprint density at radius 3 is 1.71 bits per heavy atom. The molecule has 0 aromatic heterocycles. The van der Waals surface area contributed by atoms with Gasteiger partial charge in [0.25, 0.3) is 0 Å². The number of carbonyl (C=O) groups excluding carboxylic acids is 1. The van der Waals surface area contributed by atoms with Crippen molar-refractivity contribution in [3.63, 3.8) is 0 Å². The summed E-state index contributed by atoms with van der Waals surface area (Å²) in [5.74, 6) is 0.758. The van der Waals surface area contributed by atoms with Crippen LogP contribution in [0.1, 0.15) is 124 Å². The highest BCUT2D eigenvalue weighted by Gasteiger charge is 2.02. The zero-order chi connectivity index (χ0) is 17.9. The molecule has 0 aliphatic rings. The second kappa shape index (κ2) is 18.8. The molecule has 2 heteroatoms. The molecule has 0 atom stereocenters. The fourth-order valence-corrected chi connectivity index (χ4v) is 3.02. The summed E-state index contributed by atoms with van der Waals surface area (Å²) in [6.07, 6.45) is 20.0. The maximum atomic E-state index is 11.6. The van der Waals surface area contributed by atoms with Crippen molar-refractivity contribution < 1.29 is 9.53 Å². The second-order valence-electron chi connectivity index (χ2n) is 7.75. The molecule has 0 unspecified atom stereocenters. The Kier molecular flexibility index (Phi) is 18.4. The molecule has 2 nitrogen and oxygen atoms in total. The molecule has 0 heterocycles. The maximum absolute atomic E-state index is 11.6. The van der Waals surface area contributed by atoms with E-state index in [9.17, 15) is 4.79 Å². The predicted octanol–water partition coefficient (Wildman–Crippen LogP) is 7.45. The summed E-state index contributed by atoms with van der Waals surface area (Å²) < 4.78 is 5.28. The van der Waals surface area contributed by atoms with Crippen LogP contribution in [0, 0.1) is 5.92 Å². The van der Waals surface area contributed by atoms with Gasteiger partial charge in [0.05, 0.1) is 6.61 Å². The van der Waals surface area contributed by atoms with Gasteiger partial charge in [-0.3, -0.25) is 4.79 Å². The molecule has 144 valence electrons. The van der Waals surface area contributed by atoms with E-state index >= 15 is 0 Å². The minimum atomic E-state index is 0.00614. The Balaban J connectivity index is 3.14. The van der Waals surface area contributed by atoms with E-state index in [2.05, 4.69) is 20.8 Å². The fourth-order valence-electron chi connectivity index (χ4n) is 3.02. The molecule has 0 saturated heterocycles. The Bertz CT molecular complexity index is 261. The van der Waals surface area contributed by atoms with E-state index in [0.717, 1.165) is 18.8 Å². The van der Waals surface area contributed by atoms with Gasteiger partial charge in [-0.15, -0.1) is 0 Å². The first kappa shape index (κ1) is 23.5. The van der Waals surface area contributed by atoms with Crippen LogP contribution in [0.4, 0.5) is 0 Å². The molecule has 0 aliphatic carbocycles. The molecular weight excluding hydrogens is 296 g/mol. The Hall–Kier alpha value is -0.530. The lowest BCUT2D eigenvalue weighted by Gasteiger charge is -2.06. The molecule has 0 saturated carbocycles. The van der Waals surface area contributed by atoms with Crippen LogP contribution in [-0.2, 0) is 9.53 Å². The van der Waals surface area contributed by atoms with Gasteiger partial charge < -0.3 is 4.74 Å². The van der Waals surface area contributed by atoms with Crippen LogP contribution in [0.15, 0.2) is 0 Å². The van der Waals surface area contributed by atoms with Gasteiger partial charge in [0, 0.05) is 6.42 Å². The van der Waals surface area contributed by atoms with E-state index in [-0.39, 0.29) is 5.97 Å². The number of carbonyl (C=O) groups is 1. The van der Waals surface area contributed by atoms with Crippen LogP contribution in [0.2, 0.25) is 0 Å². The molecular formula is C22H44O2. The van der Waals surface area contributed by atoms with E-state index in [1.807, 2.05) is 0 Å². The van der Waals surface area contributed by atoms with Crippen molar-refractivity contribution in [2.75, 3.05) is 6.61 Å². The van der Waals surface area contributed by atoms with Gasteiger partial charge in [-0.25, -0.2) is 0 Å². The minimum absolute atomic E-state index is 0.00614. The maximum Gasteiger partial charge on any atom is 0.305 e. The summed E-state index contributed by atoms with van der Waals surface area (Å²) >= 11 is 0. The third kappa shape index (κ3) is 19.5. The lowest BCUT2D eigenvalue weighted by molar-refractivity contribution is -0.143. The summed E-state index contributed by atoms with van der Waals surface area (Å²) in [4.78, 5) is 11.6. The first-order chi connectivity index (χ1) is 11.7. The van der Waals surface area contributed by atoms with E-state index in [1.165, 1.54) is 83.5 Å². The largest absolute Gasteiger partial charge is 0.466 e. The third-order valence-corrected chi connectivity index (χ3v) is 4.67. The summed E-state index contributed by atoms with van der Waals surface area (Å²) in [6.45, 7) is 7.36. The molecule has 0 N–H and O–H groups in total. The van der Waals surface area contributed by atoms with E-state index in [0.29, 0.717) is 13.0 Å². The zero-order valence-corrected chi connectivity index (χ0v) is 16.9. The summed E-state index contributed by atoms with van der Waals surface area (Å²) in [5, 5.41) is 0. The zero-order valence-electron chi connectivity index (χ0n) is 16.9. The van der Waals surface area contributed by atoms with Gasteiger partial charge in [0.2, 0.25) is 0 Å². The average Bonchev–Trinajstić information content (AvgIpc) is 2.55. The summed E-state index contributed by atoms with van der Waals surface area (Å²) in [7, 11) is 0. The first-order valence-corrected chi connectivity index (χ1v) is 10.8. The second-order valence-corrected chi connectivity index (χ2v) is 7.75. The monoisotopic (exact) mass is 340 g/mol. The van der Waals surface area contributed by atoms with Gasteiger partial charge in [-0.1, -0.05) is 97.8 Å². The van der Waals surface area contributed by atoms with Crippen molar-refractivity contribution in [3.05, 3.63) is 0 Å². The lowest BCUT2D eigenvalue weighted by Crippen LogP contribution is -2.05. The SMILES string of the molecule is CCCCCCCCCCCCCCC(=O)OCCCCC(C)C. The van der Waals surface area contributed by atoms with Crippen LogP contribution in [0.3, 0.4) is 0 Å². The molecule has 0 amide bonds. The third-order valence-electron chi connectivity index (χ3n) is 4.67. The standard InChI is InChI=1S/C22H44O2/c1-4-5-6-7-8-9-10-11-12-13-14-15-19-22(23)24-20-17-16-18-21(2)3/h21H,4-20H2,1-3H3. The Morgan fingerprint density at radius 2 is 1.21 bits per heavy atom. The number of rotatable bonds is 18. The molecule has 0 radical (unpaired) electrons. The molecule has 24 heavy (non-hydrogen) atoms. The number of hydrogen-bond donors (Lipinski definition) is 0. The van der Waals surface area contributed by atoms with Crippen molar-refractivity contribution >= 4 is 5.97 Å². The lowest BCUT2D eigenvalue weighted by atomic mass is 10.0. The smallest absolute Gasteiger partial charge is 0.305 e. The van der Waals surface area contributed by atoms with Crippen molar-refractivity contribution in [1.29, 1.82) is 0 Å². The highest BCUT2D eigenvalue weighted by atomic mass is 16.5. The number of ether oxygens (including phenoxy) is 1.